The molecule has 2 heterocycles. The molecular formula is C23H18ClN3O4. The van der Waals surface area contributed by atoms with Crippen LogP contribution in [0.25, 0.3) is 17.4 Å². The fourth-order valence-corrected chi connectivity index (χ4v) is 2.85. The molecule has 8 heteroatoms. The lowest BCUT2D eigenvalue weighted by Gasteiger charge is -2.11. The van der Waals surface area contributed by atoms with Gasteiger partial charge in [0.25, 0.3) is 5.91 Å². The summed E-state index contributed by atoms with van der Waals surface area (Å²) >= 11 is 6.10. The Morgan fingerprint density at radius 3 is 2.74 bits per heavy atom. The van der Waals surface area contributed by atoms with Gasteiger partial charge in [-0.15, -0.1) is 0 Å². The van der Waals surface area contributed by atoms with Gasteiger partial charge in [0.1, 0.15) is 23.2 Å². The Hall–Kier alpha value is -3.89. The number of nitrogens with one attached hydrogen (secondary N) is 1. The standard InChI is InChI=1S/C23H18ClN3O4/c1-14(2)30-23(29)19-7-5-16(24)11-20(19)21-8-6-18(31-21)10-15(12-25)22(28)27-17-4-3-9-26-13-17/h3-11,13-14H,1-2H3,(H,27,28)/b15-10+. The Balaban J connectivity index is 1.89. The van der Waals surface area contributed by atoms with E-state index in [4.69, 9.17) is 20.8 Å². The summed E-state index contributed by atoms with van der Waals surface area (Å²) < 4.78 is 11.0. The van der Waals surface area contributed by atoms with E-state index in [1.54, 1.807) is 62.5 Å². The van der Waals surface area contributed by atoms with Crippen LogP contribution >= 0.6 is 11.6 Å². The van der Waals surface area contributed by atoms with E-state index in [1.165, 1.54) is 12.3 Å². The smallest absolute Gasteiger partial charge is 0.339 e. The molecule has 0 atom stereocenters. The van der Waals surface area contributed by atoms with Crippen LogP contribution in [0.15, 0.2) is 64.8 Å². The molecule has 3 aromatic rings. The number of aromatic nitrogens is 1. The Bertz CT molecular complexity index is 1180. The molecule has 2 aromatic heterocycles. The van der Waals surface area contributed by atoms with Crippen molar-refractivity contribution < 1.29 is 18.7 Å². The number of nitriles is 1. The third-order valence-corrected chi connectivity index (χ3v) is 4.24. The van der Waals surface area contributed by atoms with Gasteiger partial charge in [-0.05, 0) is 56.3 Å². The Morgan fingerprint density at radius 1 is 1.26 bits per heavy atom. The van der Waals surface area contributed by atoms with E-state index in [-0.39, 0.29) is 23.0 Å². The second kappa shape index (κ2) is 9.74. The lowest BCUT2D eigenvalue weighted by Crippen LogP contribution is -2.13. The van der Waals surface area contributed by atoms with Crippen molar-refractivity contribution in [2.24, 2.45) is 0 Å². The highest BCUT2D eigenvalue weighted by molar-refractivity contribution is 6.31. The van der Waals surface area contributed by atoms with Crippen LogP contribution in [-0.4, -0.2) is 23.0 Å². The lowest BCUT2D eigenvalue weighted by atomic mass is 10.1. The number of carbonyl (C=O) groups is 2. The number of benzene rings is 1. The van der Waals surface area contributed by atoms with Crippen molar-refractivity contribution in [2.45, 2.75) is 20.0 Å². The van der Waals surface area contributed by atoms with Crippen LogP contribution in [0.5, 0.6) is 0 Å². The van der Waals surface area contributed by atoms with Crippen LogP contribution in [-0.2, 0) is 9.53 Å². The quantitative estimate of drug-likeness (QED) is 0.328. The van der Waals surface area contributed by atoms with Crippen molar-refractivity contribution in [2.75, 3.05) is 5.32 Å². The van der Waals surface area contributed by atoms with E-state index in [9.17, 15) is 14.9 Å². The molecule has 0 saturated heterocycles. The number of ether oxygens (including phenoxy) is 1. The van der Waals surface area contributed by atoms with Gasteiger partial charge in [-0.1, -0.05) is 11.6 Å². The number of pyridine rings is 1. The van der Waals surface area contributed by atoms with Gasteiger partial charge in [0, 0.05) is 22.9 Å². The fourth-order valence-electron chi connectivity index (χ4n) is 2.68. The third-order valence-electron chi connectivity index (χ3n) is 4.01. The van der Waals surface area contributed by atoms with Gasteiger partial charge >= 0.3 is 5.97 Å². The van der Waals surface area contributed by atoms with Crippen molar-refractivity contribution in [1.29, 1.82) is 5.26 Å². The molecule has 31 heavy (non-hydrogen) atoms. The van der Waals surface area contributed by atoms with E-state index >= 15 is 0 Å². The number of furan rings is 1. The monoisotopic (exact) mass is 435 g/mol. The first-order valence-corrected chi connectivity index (χ1v) is 9.69. The average Bonchev–Trinajstić information content (AvgIpc) is 3.20. The maximum absolute atomic E-state index is 12.4. The number of anilines is 1. The lowest BCUT2D eigenvalue weighted by molar-refractivity contribution is -0.112. The summed E-state index contributed by atoms with van der Waals surface area (Å²) in [6.45, 7) is 3.51. The molecule has 1 amide bonds. The first-order valence-electron chi connectivity index (χ1n) is 9.31. The van der Waals surface area contributed by atoms with Crippen LogP contribution in [0.4, 0.5) is 5.69 Å². The van der Waals surface area contributed by atoms with Crippen LogP contribution < -0.4 is 5.32 Å². The van der Waals surface area contributed by atoms with Gasteiger partial charge in [0.2, 0.25) is 0 Å². The number of carbonyl (C=O) groups excluding carboxylic acids is 2. The van der Waals surface area contributed by atoms with E-state index in [1.807, 2.05) is 6.07 Å². The number of nitrogens with zero attached hydrogens (tertiary/aromatic N) is 2. The molecule has 1 N–H and O–H groups in total. The molecule has 156 valence electrons. The molecule has 0 bridgehead atoms. The molecule has 0 aliphatic carbocycles. The van der Waals surface area contributed by atoms with Gasteiger partial charge in [-0.25, -0.2) is 4.79 Å². The molecule has 0 radical (unpaired) electrons. The summed E-state index contributed by atoms with van der Waals surface area (Å²) in [4.78, 5) is 28.7. The maximum Gasteiger partial charge on any atom is 0.339 e. The highest BCUT2D eigenvalue weighted by Gasteiger charge is 2.19. The predicted molar refractivity (Wildman–Crippen MR) is 116 cm³/mol. The zero-order valence-corrected chi connectivity index (χ0v) is 17.5. The molecule has 0 fully saturated rings. The normalized spacial score (nSPS) is 11.1. The van der Waals surface area contributed by atoms with Crippen molar-refractivity contribution in [1.82, 2.24) is 4.98 Å². The molecule has 0 unspecified atom stereocenters. The number of hydrogen-bond donors (Lipinski definition) is 1. The molecule has 7 nitrogen and oxygen atoms in total. The van der Waals surface area contributed by atoms with E-state index in [0.717, 1.165) is 0 Å². The summed E-state index contributed by atoms with van der Waals surface area (Å²) in [5.41, 5.74) is 1.03. The summed E-state index contributed by atoms with van der Waals surface area (Å²) in [6, 6.07) is 13.1. The molecule has 0 spiro atoms. The van der Waals surface area contributed by atoms with Gasteiger partial charge in [-0.2, -0.15) is 5.26 Å². The second-order valence-electron chi connectivity index (χ2n) is 6.71. The van der Waals surface area contributed by atoms with Crippen molar-refractivity contribution in [3.63, 3.8) is 0 Å². The topological polar surface area (TPSA) is 105 Å². The van der Waals surface area contributed by atoms with Crippen molar-refractivity contribution in [3.8, 4) is 17.4 Å². The highest BCUT2D eigenvalue weighted by atomic mass is 35.5. The van der Waals surface area contributed by atoms with Crippen LogP contribution in [0, 0.1) is 11.3 Å². The molecule has 0 aliphatic heterocycles. The van der Waals surface area contributed by atoms with Gasteiger partial charge < -0.3 is 14.5 Å². The van der Waals surface area contributed by atoms with Crippen LogP contribution in [0.3, 0.4) is 0 Å². The summed E-state index contributed by atoms with van der Waals surface area (Å²) in [5, 5.41) is 12.4. The zero-order chi connectivity index (χ0) is 22.4. The molecule has 0 aliphatic rings. The fraction of sp³-hybridized carbons (Fsp3) is 0.130. The first kappa shape index (κ1) is 21.8. The molecular weight excluding hydrogens is 418 g/mol. The zero-order valence-electron chi connectivity index (χ0n) is 16.8. The molecule has 3 rings (SSSR count). The third kappa shape index (κ3) is 5.59. The maximum atomic E-state index is 12.4. The summed E-state index contributed by atoms with van der Waals surface area (Å²) in [5.74, 6) is -0.508. The largest absolute Gasteiger partial charge is 0.459 e. The Morgan fingerprint density at radius 2 is 2.06 bits per heavy atom. The van der Waals surface area contributed by atoms with Crippen molar-refractivity contribution >= 4 is 35.2 Å². The number of esters is 1. The molecule has 0 saturated carbocycles. The minimum Gasteiger partial charge on any atom is -0.459 e. The van der Waals surface area contributed by atoms with Gasteiger partial charge in [0.15, 0.2) is 0 Å². The Labute approximate surface area is 183 Å². The van der Waals surface area contributed by atoms with Crippen LogP contribution in [0.2, 0.25) is 5.02 Å². The van der Waals surface area contributed by atoms with Gasteiger partial charge in [0.05, 0.1) is 23.6 Å². The van der Waals surface area contributed by atoms with E-state index in [2.05, 4.69) is 10.3 Å². The van der Waals surface area contributed by atoms with Crippen molar-refractivity contribution in [3.05, 3.63) is 76.8 Å². The minimum atomic E-state index is -0.600. The van der Waals surface area contributed by atoms with E-state index in [0.29, 0.717) is 22.0 Å². The predicted octanol–water partition coefficient (Wildman–Crippen LogP) is 5.11. The van der Waals surface area contributed by atoms with Crippen LogP contribution in [0.1, 0.15) is 30.0 Å². The highest BCUT2D eigenvalue weighted by Crippen LogP contribution is 2.30. The minimum absolute atomic E-state index is 0.157. The number of halogens is 1. The number of amides is 1. The summed E-state index contributed by atoms with van der Waals surface area (Å²) in [7, 11) is 0. The summed E-state index contributed by atoms with van der Waals surface area (Å²) in [6.07, 6.45) is 4.06. The molecule has 1 aromatic carbocycles. The average molecular weight is 436 g/mol. The number of rotatable bonds is 6. The Kier molecular flexibility index (Phi) is 6.85. The second-order valence-corrected chi connectivity index (χ2v) is 7.15. The van der Waals surface area contributed by atoms with Gasteiger partial charge in [-0.3, -0.25) is 9.78 Å². The SMILES string of the molecule is CC(C)OC(=O)c1ccc(Cl)cc1-c1ccc(/C=C(\C#N)C(=O)Nc2cccnc2)o1. The number of hydrogen-bond acceptors (Lipinski definition) is 6. The van der Waals surface area contributed by atoms with E-state index < -0.39 is 11.9 Å². The first-order chi connectivity index (χ1) is 14.9.